The van der Waals surface area contributed by atoms with Crippen molar-refractivity contribution in [2.45, 2.75) is 6.92 Å². The zero-order valence-electron chi connectivity index (χ0n) is 10.9. The molecule has 0 spiro atoms. The predicted molar refractivity (Wildman–Crippen MR) is 75.7 cm³/mol. The molecule has 0 atom stereocenters. The molecule has 20 heavy (non-hydrogen) atoms. The van der Waals surface area contributed by atoms with Crippen molar-refractivity contribution in [3.05, 3.63) is 70.8 Å². The zero-order chi connectivity index (χ0) is 14.1. The Bertz CT molecular complexity index is 700. The molecule has 0 aromatic heterocycles. The van der Waals surface area contributed by atoms with Gasteiger partial charge in [0.1, 0.15) is 0 Å². The summed E-state index contributed by atoms with van der Waals surface area (Å²) in [4.78, 5) is 24.2. The third-order valence-corrected chi connectivity index (χ3v) is 3.14. The molecule has 1 aliphatic rings. The van der Waals surface area contributed by atoms with Crippen LogP contribution in [0.15, 0.2) is 53.6 Å². The van der Waals surface area contributed by atoms with Crippen LogP contribution in [0, 0.1) is 6.92 Å². The summed E-state index contributed by atoms with van der Waals surface area (Å²) in [6.45, 7) is 1.97. The largest absolute Gasteiger partial charge is 0.282 e. The molecule has 2 aromatic carbocycles. The molecular formula is C16H12N2O2. The van der Waals surface area contributed by atoms with Crippen LogP contribution in [-0.2, 0) is 0 Å². The minimum Gasteiger partial charge on any atom is -0.267 e. The highest BCUT2D eigenvalue weighted by molar-refractivity contribution is 6.21. The predicted octanol–water partition coefficient (Wildman–Crippen LogP) is 2.63. The molecule has 3 rings (SSSR count). The van der Waals surface area contributed by atoms with Crippen molar-refractivity contribution in [2.75, 3.05) is 0 Å². The third kappa shape index (κ3) is 2.01. The van der Waals surface area contributed by atoms with E-state index in [2.05, 4.69) is 5.10 Å². The Kier molecular flexibility index (Phi) is 2.91. The topological polar surface area (TPSA) is 49.7 Å². The van der Waals surface area contributed by atoms with Crippen molar-refractivity contribution in [3.63, 3.8) is 0 Å². The van der Waals surface area contributed by atoms with E-state index >= 15 is 0 Å². The van der Waals surface area contributed by atoms with Gasteiger partial charge >= 0.3 is 0 Å². The molecule has 0 bridgehead atoms. The van der Waals surface area contributed by atoms with Gasteiger partial charge in [-0.05, 0) is 24.6 Å². The highest BCUT2D eigenvalue weighted by Crippen LogP contribution is 2.22. The first kappa shape index (κ1) is 12.3. The van der Waals surface area contributed by atoms with E-state index in [1.54, 1.807) is 24.3 Å². The van der Waals surface area contributed by atoms with Crippen LogP contribution < -0.4 is 0 Å². The van der Waals surface area contributed by atoms with E-state index in [4.69, 9.17) is 0 Å². The lowest BCUT2D eigenvalue weighted by Crippen LogP contribution is -2.23. The van der Waals surface area contributed by atoms with E-state index < -0.39 is 0 Å². The SMILES string of the molecule is Cc1cccc(/C=N/N2C(=O)c3ccccc3C2=O)c1. The molecule has 0 unspecified atom stereocenters. The highest BCUT2D eigenvalue weighted by Gasteiger charge is 2.35. The molecule has 0 saturated heterocycles. The van der Waals surface area contributed by atoms with Crippen molar-refractivity contribution in [1.82, 2.24) is 5.01 Å². The van der Waals surface area contributed by atoms with Gasteiger partial charge in [-0.1, -0.05) is 42.0 Å². The fourth-order valence-electron chi connectivity index (χ4n) is 2.16. The van der Waals surface area contributed by atoms with Crippen molar-refractivity contribution in [3.8, 4) is 0 Å². The average Bonchev–Trinajstić information content (AvgIpc) is 2.70. The van der Waals surface area contributed by atoms with Gasteiger partial charge in [-0.3, -0.25) is 9.59 Å². The van der Waals surface area contributed by atoms with Crippen LogP contribution in [0.1, 0.15) is 31.8 Å². The molecular weight excluding hydrogens is 252 g/mol. The van der Waals surface area contributed by atoms with Gasteiger partial charge in [-0.15, -0.1) is 0 Å². The molecule has 1 heterocycles. The Balaban J connectivity index is 1.90. The number of carbonyl (C=O) groups is 2. The van der Waals surface area contributed by atoms with Crippen LogP contribution in [0.25, 0.3) is 0 Å². The summed E-state index contributed by atoms with van der Waals surface area (Å²) in [7, 11) is 0. The van der Waals surface area contributed by atoms with E-state index in [1.807, 2.05) is 31.2 Å². The maximum atomic E-state index is 12.1. The van der Waals surface area contributed by atoms with Gasteiger partial charge in [0.05, 0.1) is 17.3 Å². The normalized spacial score (nSPS) is 14.2. The molecule has 4 nitrogen and oxygen atoms in total. The monoisotopic (exact) mass is 264 g/mol. The van der Waals surface area contributed by atoms with Gasteiger partial charge in [0.15, 0.2) is 0 Å². The van der Waals surface area contributed by atoms with Gasteiger partial charge in [0, 0.05) is 0 Å². The summed E-state index contributed by atoms with van der Waals surface area (Å²) in [5, 5.41) is 4.93. The van der Waals surface area contributed by atoms with E-state index in [9.17, 15) is 9.59 Å². The quantitative estimate of drug-likeness (QED) is 0.618. The molecule has 0 fully saturated rings. The zero-order valence-corrected chi connectivity index (χ0v) is 10.9. The van der Waals surface area contributed by atoms with E-state index in [-0.39, 0.29) is 11.8 Å². The highest BCUT2D eigenvalue weighted by atomic mass is 16.2. The fraction of sp³-hybridized carbons (Fsp3) is 0.0625. The smallest absolute Gasteiger partial charge is 0.267 e. The second kappa shape index (κ2) is 4.74. The lowest BCUT2D eigenvalue weighted by Gasteiger charge is -2.05. The van der Waals surface area contributed by atoms with E-state index in [1.165, 1.54) is 6.21 Å². The van der Waals surface area contributed by atoms with Gasteiger partial charge in [-0.25, -0.2) is 0 Å². The van der Waals surface area contributed by atoms with Gasteiger partial charge in [0.25, 0.3) is 11.8 Å². The van der Waals surface area contributed by atoms with E-state index in [0.717, 1.165) is 16.1 Å². The lowest BCUT2D eigenvalue weighted by molar-refractivity contribution is 0.0660. The van der Waals surface area contributed by atoms with Crippen LogP contribution in [0.3, 0.4) is 0 Å². The summed E-state index contributed by atoms with van der Waals surface area (Å²) < 4.78 is 0. The first-order valence-electron chi connectivity index (χ1n) is 6.25. The Hall–Kier alpha value is -2.75. The van der Waals surface area contributed by atoms with E-state index in [0.29, 0.717) is 11.1 Å². The second-order valence-electron chi connectivity index (χ2n) is 4.63. The Morgan fingerprint density at radius 2 is 1.60 bits per heavy atom. The first-order valence-corrected chi connectivity index (χ1v) is 6.25. The van der Waals surface area contributed by atoms with Crippen molar-refractivity contribution >= 4 is 18.0 Å². The fourth-order valence-corrected chi connectivity index (χ4v) is 2.16. The minimum atomic E-state index is -0.380. The minimum absolute atomic E-state index is 0.380. The maximum absolute atomic E-state index is 12.1. The van der Waals surface area contributed by atoms with Gasteiger partial charge in [-0.2, -0.15) is 10.1 Å². The second-order valence-corrected chi connectivity index (χ2v) is 4.63. The van der Waals surface area contributed by atoms with Crippen LogP contribution in [-0.4, -0.2) is 23.0 Å². The number of hydrogen-bond acceptors (Lipinski definition) is 3. The summed E-state index contributed by atoms with van der Waals surface area (Å²) in [5.74, 6) is -0.760. The van der Waals surface area contributed by atoms with Crippen LogP contribution in [0.2, 0.25) is 0 Å². The lowest BCUT2D eigenvalue weighted by atomic mass is 10.1. The molecule has 98 valence electrons. The Labute approximate surface area is 116 Å². The number of nitrogens with zero attached hydrogens (tertiary/aromatic N) is 2. The Morgan fingerprint density at radius 1 is 0.950 bits per heavy atom. The van der Waals surface area contributed by atoms with Crippen LogP contribution >= 0.6 is 0 Å². The number of imide groups is 1. The number of fused-ring (bicyclic) bond motifs is 1. The van der Waals surface area contributed by atoms with Crippen molar-refractivity contribution < 1.29 is 9.59 Å². The van der Waals surface area contributed by atoms with Crippen LogP contribution in [0.4, 0.5) is 0 Å². The molecule has 1 aliphatic heterocycles. The molecule has 4 heteroatoms. The third-order valence-electron chi connectivity index (χ3n) is 3.14. The summed E-state index contributed by atoms with van der Waals surface area (Å²) in [6, 6.07) is 14.4. The number of benzene rings is 2. The van der Waals surface area contributed by atoms with Crippen LogP contribution in [0.5, 0.6) is 0 Å². The number of carbonyl (C=O) groups excluding carboxylic acids is 2. The molecule has 2 amide bonds. The summed E-state index contributed by atoms with van der Waals surface area (Å²) in [5.41, 5.74) is 2.75. The maximum Gasteiger partial charge on any atom is 0.282 e. The van der Waals surface area contributed by atoms with Gasteiger partial charge < -0.3 is 0 Å². The molecule has 0 saturated carbocycles. The standard InChI is InChI=1S/C16H12N2O2/c1-11-5-4-6-12(9-11)10-17-18-15(19)13-7-2-3-8-14(13)16(18)20/h2-10H,1H3/b17-10+. The molecule has 0 N–H and O–H groups in total. The molecule has 0 aliphatic carbocycles. The van der Waals surface area contributed by atoms with Crippen molar-refractivity contribution in [2.24, 2.45) is 5.10 Å². The first-order chi connectivity index (χ1) is 9.66. The number of hydrogen-bond donors (Lipinski definition) is 0. The number of amides is 2. The average molecular weight is 264 g/mol. The van der Waals surface area contributed by atoms with Crippen molar-refractivity contribution in [1.29, 1.82) is 0 Å². The molecule has 2 aromatic rings. The number of rotatable bonds is 2. The van der Waals surface area contributed by atoms with Gasteiger partial charge in [0.2, 0.25) is 0 Å². The molecule has 0 radical (unpaired) electrons. The Morgan fingerprint density at radius 3 is 2.20 bits per heavy atom. The summed E-state index contributed by atoms with van der Waals surface area (Å²) >= 11 is 0. The number of hydrazone groups is 1. The number of aryl methyl sites for hydroxylation is 1. The summed E-state index contributed by atoms with van der Waals surface area (Å²) in [6.07, 6.45) is 1.52.